The number of benzene rings is 1. The maximum absolute atomic E-state index is 8.93. The van der Waals surface area contributed by atoms with Crippen LogP contribution >= 0.6 is 11.3 Å². The van der Waals surface area contributed by atoms with E-state index < -0.39 is 0 Å². The van der Waals surface area contributed by atoms with Crippen molar-refractivity contribution in [1.29, 1.82) is 0 Å². The van der Waals surface area contributed by atoms with E-state index in [0.717, 1.165) is 29.7 Å². The van der Waals surface area contributed by atoms with Crippen LogP contribution in [0.5, 0.6) is 0 Å². The normalized spacial score (nSPS) is 10.8. The van der Waals surface area contributed by atoms with Crippen molar-refractivity contribution in [1.82, 2.24) is 9.97 Å². The minimum absolute atomic E-state index is 0.169. The zero-order valence-electron chi connectivity index (χ0n) is 12.8. The number of aliphatic hydroxyl groups excluding tert-OH is 1. The quantitative estimate of drug-likeness (QED) is 0.554. The summed E-state index contributed by atoms with van der Waals surface area (Å²) >= 11 is 1.76. The molecule has 120 valence electrons. The number of para-hydroxylation sites is 1. The van der Waals surface area contributed by atoms with Gasteiger partial charge >= 0.3 is 0 Å². The Morgan fingerprint density at radius 3 is 2.74 bits per heavy atom. The molecule has 0 spiro atoms. The highest BCUT2D eigenvalue weighted by molar-refractivity contribution is 7.09. The molecule has 1 aromatic carbocycles. The predicted molar refractivity (Wildman–Crippen MR) is 96.2 cm³/mol. The number of nitrogens with one attached hydrogen (secondary N) is 2. The Bertz CT molecular complexity index is 745. The highest BCUT2D eigenvalue weighted by Crippen LogP contribution is 2.21. The molecule has 5 nitrogen and oxygen atoms in total. The maximum Gasteiger partial charge on any atom is 0.225 e. The molecule has 0 fully saturated rings. The number of thiophene rings is 1. The maximum atomic E-state index is 8.93. The van der Waals surface area contributed by atoms with Crippen LogP contribution in [0.3, 0.4) is 0 Å². The third-order valence-corrected chi connectivity index (χ3v) is 4.40. The Morgan fingerprint density at radius 1 is 1.00 bits per heavy atom. The van der Waals surface area contributed by atoms with Crippen LogP contribution in [0.2, 0.25) is 0 Å². The molecule has 0 aliphatic heterocycles. The summed E-state index contributed by atoms with van der Waals surface area (Å²) in [4.78, 5) is 10.5. The molecule has 2 heterocycles. The van der Waals surface area contributed by atoms with Crippen LogP contribution in [-0.4, -0.2) is 34.8 Å². The van der Waals surface area contributed by atoms with Crippen LogP contribution in [0.1, 0.15) is 11.3 Å². The topological polar surface area (TPSA) is 70.1 Å². The van der Waals surface area contributed by atoms with Crippen LogP contribution < -0.4 is 10.6 Å². The van der Waals surface area contributed by atoms with Gasteiger partial charge in [-0.05, 0) is 36.4 Å². The van der Waals surface area contributed by atoms with Gasteiger partial charge in [-0.25, -0.2) is 4.98 Å². The van der Waals surface area contributed by atoms with Gasteiger partial charge in [0.15, 0.2) is 0 Å². The summed E-state index contributed by atoms with van der Waals surface area (Å²) in [5.74, 6) is 1.44. The molecule has 0 aliphatic carbocycles. The molecule has 0 unspecified atom stereocenters. The molecule has 0 saturated carbocycles. The number of fused-ring (bicyclic) bond motifs is 1. The van der Waals surface area contributed by atoms with Crippen molar-refractivity contribution >= 4 is 34.0 Å². The molecule has 0 aliphatic rings. The summed E-state index contributed by atoms with van der Waals surface area (Å²) < 4.78 is 0. The van der Waals surface area contributed by atoms with E-state index in [1.165, 1.54) is 4.88 Å². The van der Waals surface area contributed by atoms with E-state index in [9.17, 15) is 0 Å². The number of aromatic nitrogens is 2. The van der Waals surface area contributed by atoms with Crippen LogP contribution in [0.4, 0.5) is 11.8 Å². The largest absolute Gasteiger partial charge is 0.396 e. The first-order valence-electron chi connectivity index (χ1n) is 7.74. The monoisotopic (exact) mass is 328 g/mol. The Balaban J connectivity index is 1.74. The third kappa shape index (κ3) is 4.18. The zero-order valence-corrected chi connectivity index (χ0v) is 13.6. The first-order chi connectivity index (χ1) is 11.4. The second-order valence-electron chi connectivity index (χ2n) is 5.17. The third-order valence-electron chi connectivity index (χ3n) is 3.47. The Hall–Kier alpha value is -2.18. The van der Waals surface area contributed by atoms with Gasteiger partial charge in [-0.15, -0.1) is 11.3 Å². The van der Waals surface area contributed by atoms with Crippen molar-refractivity contribution < 1.29 is 5.11 Å². The molecule has 23 heavy (non-hydrogen) atoms. The van der Waals surface area contributed by atoms with Gasteiger partial charge in [0.25, 0.3) is 0 Å². The molecule has 0 saturated heterocycles. The highest BCUT2D eigenvalue weighted by Gasteiger charge is 2.07. The second kappa shape index (κ2) is 7.89. The first-order valence-corrected chi connectivity index (χ1v) is 8.62. The SMILES string of the molecule is OCCCNc1nc(NCCc2cccs2)nc2ccccc12. The van der Waals surface area contributed by atoms with Gasteiger partial charge in [0.05, 0.1) is 5.52 Å². The van der Waals surface area contributed by atoms with Crippen molar-refractivity contribution in [3.8, 4) is 0 Å². The number of hydrogen-bond donors (Lipinski definition) is 3. The van der Waals surface area contributed by atoms with E-state index in [4.69, 9.17) is 5.11 Å². The lowest BCUT2D eigenvalue weighted by atomic mass is 10.2. The molecule has 6 heteroatoms. The second-order valence-corrected chi connectivity index (χ2v) is 6.21. The van der Waals surface area contributed by atoms with Gasteiger partial charge in [0, 0.05) is 30.0 Å². The smallest absolute Gasteiger partial charge is 0.225 e. The molecule has 0 bridgehead atoms. The Kier molecular flexibility index (Phi) is 5.39. The molecular formula is C17H20N4OS. The van der Waals surface area contributed by atoms with Gasteiger partial charge in [0.2, 0.25) is 5.95 Å². The van der Waals surface area contributed by atoms with E-state index in [1.807, 2.05) is 24.3 Å². The van der Waals surface area contributed by atoms with Gasteiger partial charge in [0.1, 0.15) is 5.82 Å². The average molecular weight is 328 g/mol. The molecule has 2 aromatic heterocycles. The molecule has 0 radical (unpaired) electrons. The summed E-state index contributed by atoms with van der Waals surface area (Å²) in [7, 11) is 0. The molecule has 0 atom stereocenters. The number of aliphatic hydroxyl groups is 1. The molecular weight excluding hydrogens is 308 g/mol. The van der Waals surface area contributed by atoms with Crippen molar-refractivity contribution in [3.05, 3.63) is 46.7 Å². The number of anilines is 2. The number of hydrogen-bond acceptors (Lipinski definition) is 6. The minimum Gasteiger partial charge on any atom is -0.396 e. The number of rotatable bonds is 8. The van der Waals surface area contributed by atoms with Gasteiger partial charge < -0.3 is 15.7 Å². The number of nitrogens with zero attached hydrogens (tertiary/aromatic N) is 2. The van der Waals surface area contributed by atoms with E-state index in [0.29, 0.717) is 18.9 Å². The van der Waals surface area contributed by atoms with Crippen LogP contribution in [0.15, 0.2) is 41.8 Å². The van der Waals surface area contributed by atoms with Crippen molar-refractivity contribution in [3.63, 3.8) is 0 Å². The van der Waals surface area contributed by atoms with E-state index in [-0.39, 0.29) is 6.61 Å². The van der Waals surface area contributed by atoms with Crippen LogP contribution in [0.25, 0.3) is 10.9 Å². The lowest BCUT2D eigenvalue weighted by Gasteiger charge is -2.11. The van der Waals surface area contributed by atoms with Crippen molar-refractivity contribution in [2.75, 3.05) is 30.3 Å². The Morgan fingerprint density at radius 2 is 1.91 bits per heavy atom. The highest BCUT2D eigenvalue weighted by atomic mass is 32.1. The lowest BCUT2D eigenvalue weighted by Crippen LogP contribution is -2.11. The van der Waals surface area contributed by atoms with Gasteiger partial charge in [-0.1, -0.05) is 18.2 Å². The van der Waals surface area contributed by atoms with Crippen molar-refractivity contribution in [2.24, 2.45) is 0 Å². The molecule has 3 rings (SSSR count). The summed E-state index contributed by atoms with van der Waals surface area (Å²) in [6.07, 6.45) is 1.65. The first kappa shape index (κ1) is 15.7. The summed E-state index contributed by atoms with van der Waals surface area (Å²) in [6, 6.07) is 12.1. The van der Waals surface area contributed by atoms with E-state index >= 15 is 0 Å². The summed E-state index contributed by atoms with van der Waals surface area (Å²) in [6.45, 7) is 1.66. The fourth-order valence-electron chi connectivity index (χ4n) is 2.33. The minimum atomic E-state index is 0.169. The predicted octanol–water partition coefficient (Wildman–Crippen LogP) is 3.14. The fraction of sp³-hybridized carbons (Fsp3) is 0.294. The van der Waals surface area contributed by atoms with E-state index in [1.54, 1.807) is 11.3 Å². The fourth-order valence-corrected chi connectivity index (χ4v) is 3.04. The molecule has 3 aromatic rings. The average Bonchev–Trinajstić information content (AvgIpc) is 3.08. The van der Waals surface area contributed by atoms with Crippen LogP contribution in [-0.2, 0) is 6.42 Å². The Labute approximate surface area is 139 Å². The molecule has 3 N–H and O–H groups in total. The van der Waals surface area contributed by atoms with Crippen LogP contribution in [0, 0.1) is 0 Å². The molecule has 0 amide bonds. The summed E-state index contributed by atoms with van der Waals surface area (Å²) in [5.41, 5.74) is 0.910. The lowest BCUT2D eigenvalue weighted by molar-refractivity contribution is 0.292. The zero-order chi connectivity index (χ0) is 15.9. The van der Waals surface area contributed by atoms with Gasteiger partial charge in [-0.2, -0.15) is 4.98 Å². The standard InChI is InChI=1S/C17H20N4OS/c22-11-4-9-18-16-14-6-1-2-7-15(14)20-17(21-16)19-10-8-13-5-3-12-23-13/h1-3,5-7,12,22H,4,8-11H2,(H2,18,19,20,21). The van der Waals surface area contributed by atoms with Crippen molar-refractivity contribution in [2.45, 2.75) is 12.8 Å². The summed E-state index contributed by atoms with van der Waals surface area (Å²) in [5, 5.41) is 18.6. The van der Waals surface area contributed by atoms with Gasteiger partial charge in [-0.3, -0.25) is 0 Å². The van der Waals surface area contributed by atoms with E-state index in [2.05, 4.69) is 38.1 Å².